The van der Waals surface area contributed by atoms with E-state index in [2.05, 4.69) is 83.6 Å². The number of aromatic nitrogens is 4. The monoisotopic (exact) mass is 530 g/mol. The third-order valence-corrected chi connectivity index (χ3v) is 7.44. The normalized spacial score (nSPS) is 11.6. The third kappa shape index (κ3) is 3.98. The molecule has 1 N–H and O–H groups in total. The molecular formula is C33H30N4O3. The van der Waals surface area contributed by atoms with E-state index in [0.29, 0.717) is 29.1 Å². The van der Waals surface area contributed by atoms with Crippen molar-refractivity contribution in [2.75, 3.05) is 14.2 Å². The number of nitrogens with zero attached hydrogens (tertiary/aromatic N) is 4. The second kappa shape index (κ2) is 10.3. The van der Waals surface area contributed by atoms with Crippen molar-refractivity contribution in [1.82, 2.24) is 19.3 Å². The molecule has 2 heterocycles. The van der Waals surface area contributed by atoms with Crippen LogP contribution in [-0.2, 0) is 12.1 Å². The Morgan fingerprint density at radius 1 is 0.800 bits per heavy atom. The predicted octanol–water partition coefficient (Wildman–Crippen LogP) is 6.15. The van der Waals surface area contributed by atoms with Crippen LogP contribution in [0.1, 0.15) is 28.1 Å². The van der Waals surface area contributed by atoms with Crippen LogP contribution in [0.25, 0.3) is 10.9 Å². The van der Waals surface area contributed by atoms with Gasteiger partial charge in [-0.3, -0.25) is 4.68 Å². The van der Waals surface area contributed by atoms with Crippen molar-refractivity contribution < 1.29 is 14.6 Å². The fourth-order valence-corrected chi connectivity index (χ4v) is 5.70. The highest BCUT2D eigenvalue weighted by atomic mass is 16.5. The van der Waals surface area contributed by atoms with Crippen LogP contribution in [0.15, 0.2) is 110 Å². The summed E-state index contributed by atoms with van der Waals surface area (Å²) in [5, 5.41) is 16.3. The van der Waals surface area contributed by atoms with Gasteiger partial charge in [0.25, 0.3) is 0 Å². The maximum Gasteiger partial charge on any atom is 0.203 e. The standard InChI is InChI=1S/C33H30N4O3/c1-23-30-28(19-29(39-2)32(40-3)31(30)38)37(35-23)21-27-20-36(22-34-27)33(24-13-7-4-8-14-24,25-15-9-5-10-16-25)26-17-11-6-12-18-26/h4-20,22,38H,21H2,1-3H3. The van der Waals surface area contributed by atoms with Crippen LogP contribution in [0, 0.1) is 6.92 Å². The minimum absolute atomic E-state index is 0.0161. The van der Waals surface area contributed by atoms with Gasteiger partial charge in [-0.2, -0.15) is 5.10 Å². The summed E-state index contributed by atoms with van der Waals surface area (Å²) < 4.78 is 14.9. The van der Waals surface area contributed by atoms with E-state index < -0.39 is 5.54 Å². The molecule has 4 aromatic carbocycles. The molecule has 0 amide bonds. The van der Waals surface area contributed by atoms with E-state index in [1.807, 2.05) is 42.2 Å². The Kier molecular flexibility index (Phi) is 6.48. The summed E-state index contributed by atoms with van der Waals surface area (Å²) in [6, 6.07) is 33.3. The summed E-state index contributed by atoms with van der Waals surface area (Å²) in [5.41, 5.74) is 4.98. The molecule has 0 aliphatic carbocycles. The van der Waals surface area contributed by atoms with E-state index in [4.69, 9.17) is 19.6 Å². The quantitative estimate of drug-likeness (QED) is 0.239. The average Bonchev–Trinajstić information content (AvgIpc) is 3.59. The zero-order valence-corrected chi connectivity index (χ0v) is 22.7. The van der Waals surface area contributed by atoms with Gasteiger partial charge in [-0.15, -0.1) is 0 Å². The van der Waals surface area contributed by atoms with Crippen molar-refractivity contribution in [3.63, 3.8) is 0 Å². The first-order valence-electron chi connectivity index (χ1n) is 13.1. The fourth-order valence-electron chi connectivity index (χ4n) is 5.70. The van der Waals surface area contributed by atoms with Crippen LogP contribution in [0.4, 0.5) is 0 Å². The topological polar surface area (TPSA) is 74.3 Å². The summed E-state index contributed by atoms with van der Waals surface area (Å²) in [7, 11) is 3.06. The Hall–Kier alpha value is -5.04. The molecular weight excluding hydrogens is 500 g/mol. The molecule has 0 saturated heterocycles. The van der Waals surface area contributed by atoms with E-state index in [0.717, 1.165) is 27.9 Å². The molecule has 0 saturated carbocycles. The van der Waals surface area contributed by atoms with Crippen LogP contribution < -0.4 is 9.47 Å². The molecule has 2 aromatic heterocycles. The molecule has 0 atom stereocenters. The molecule has 6 aromatic rings. The number of methoxy groups -OCH3 is 2. The molecule has 40 heavy (non-hydrogen) atoms. The Labute approximate surface area is 232 Å². The maximum absolute atomic E-state index is 10.9. The Bertz CT molecular complexity index is 1660. The van der Waals surface area contributed by atoms with Crippen molar-refractivity contribution in [2.45, 2.75) is 19.0 Å². The molecule has 0 aliphatic heterocycles. The molecule has 0 unspecified atom stereocenters. The second-order valence-electron chi connectivity index (χ2n) is 9.68. The number of aryl methyl sites for hydroxylation is 1. The van der Waals surface area contributed by atoms with E-state index in [1.165, 1.54) is 7.11 Å². The van der Waals surface area contributed by atoms with Gasteiger partial charge in [0.1, 0.15) is 5.54 Å². The highest BCUT2D eigenvalue weighted by molar-refractivity contribution is 5.92. The van der Waals surface area contributed by atoms with Gasteiger partial charge in [-0.1, -0.05) is 91.0 Å². The Morgan fingerprint density at radius 3 is 1.85 bits per heavy atom. The lowest BCUT2D eigenvalue weighted by Gasteiger charge is -2.37. The van der Waals surface area contributed by atoms with Crippen molar-refractivity contribution in [1.29, 1.82) is 0 Å². The number of phenolic OH excluding ortho intramolecular Hbond substituents is 1. The zero-order chi connectivity index (χ0) is 27.7. The number of hydrogen-bond acceptors (Lipinski definition) is 5. The van der Waals surface area contributed by atoms with Gasteiger partial charge in [-0.05, 0) is 23.6 Å². The average molecular weight is 531 g/mol. The molecule has 200 valence electrons. The van der Waals surface area contributed by atoms with E-state index in [-0.39, 0.29) is 5.75 Å². The number of rotatable bonds is 8. The van der Waals surface area contributed by atoms with Crippen LogP contribution in [0.3, 0.4) is 0 Å². The molecule has 0 aliphatic rings. The molecule has 0 radical (unpaired) electrons. The molecule has 0 spiro atoms. The van der Waals surface area contributed by atoms with Gasteiger partial charge in [0.15, 0.2) is 11.5 Å². The van der Waals surface area contributed by atoms with Gasteiger partial charge in [0, 0.05) is 12.3 Å². The summed E-state index contributed by atoms with van der Waals surface area (Å²) in [6.07, 6.45) is 3.97. The predicted molar refractivity (Wildman–Crippen MR) is 155 cm³/mol. The van der Waals surface area contributed by atoms with Gasteiger partial charge in [-0.25, -0.2) is 4.98 Å². The number of phenols is 1. The minimum atomic E-state index is -0.647. The highest BCUT2D eigenvalue weighted by Crippen LogP contribution is 2.44. The zero-order valence-electron chi connectivity index (χ0n) is 22.7. The van der Waals surface area contributed by atoms with Crippen molar-refractivity contribution in [3.8, 4) is 17.2 Å². The Balaban J connectivity index is 1.52. The van der Waals surface area contributed by atoms with Gasteiger partial charge in [0.2, 0.25) is 5.75 Å². The minimum Gasteiger partial charge on any atom is -0.504 e. The van der Waals surface area contributed by atoms with Gasteiger partial charge >= 0.3 is 0 Å². The van der Waals surface area contributed by atoms with Gasteiger partial charge in [0.05, 0.1) is 49.4 Å². The van der Waals surface area contributed by atoms with Crippen LogP contribution in [0.5, 0.6) is 17.2 Å². The molecule has 0 fully saturated rings. The number of fused-ring (bicyclic) bond motifs is 1. The van der Waals surface area contributed by atoms with Crippen LogP contribution >= 0.6 is 0 Å². The number of imidazole rings is 1. The maximum atomic E-state index is 10.9. The lowest BCUT2D eigenvalue weighted by atomic mass is 9.77. The first-order chi connectivity index (χ1) is 19.6. The van der Waals surface area contributed by atoms with Crippen LogP contribution in [-0.4, -0.2) is 38.7 Å². The summed E-state index contributed by atoms with van der Waals surface area (Å²) in [4.78, 5) is 4.85. The molecule has 7 heteroatoms. The summed E-state index contributed by atoms with van der Waals surface area (Å²) >= 11 is 0. The lowest BCUT2D eigenvalue weighted by molar-refractivity contribution is 0.335. The van der Waals surface area contributed by atoms with Crippen molar-refractivity contribution in [2.24, 2.45) is 0 Å². The highest BCUT2D eigenvalue weighted by Gasteiger charge is 2.38. The van der Waals surface area contributed by atoms with Crippen LogP contribution in [0.2, 0.25) is 0 Å². The second-order valence-corrected chi connectivity index (χ2v) is 9.68. The smallest absolute Gasteiger partial charge is 0.203 e. The molecule has 0 bridgehead atoms. The largest absolute Gasteiger partial charge is 0.504 e. The SMILES string of the molecule is COc1cc2c(c(C)nn2Cc2cn(C(c3ccccc3)(c3ccccc3)c3ccccc3)cn2)c(O)c1OC. The van der Waals surface area contributed by atoms with Gasteiger partial charge < -0.3 is 19.1 Å². The van der Waals surface area contributed by atoms with E-state index in [1.54, 1.807) is 7.11 Å². The first kappa shape index (κ1) is 25.2. The number of ether oxygens (including phenoxy) is 2. The number of benzene rings is 4. The van der Waals surface area contributed by atoms with E-state index in [9.17, 15) is 5.11 Å². The number of hydrogen-bond donors (Lipinski definition) is 1. The fraction of sp³-hybridized carbons (Fsp3) is 0.152. The lowest BCUT2D eigenvalue weighted by Crippen LogP contribution is -2.36. The van der Waals surface area contributed by atoms with E-state index >= 15 is 0 Å². The first-order valence-corrected chi connectivity index (χ1v) is 13.1. The third-order valence-electron chi connectivity index (χ3n) is 7.44. The Morgan fingerprint density at radius 2 is 1.35 bits per heavy atom. The molecule has 6 rings (SSSR count). The van der Waals surface area contributed by atoms with Crippen molar-refractivity contribution >= 4 is 10.9 Å². The summed E-state index contributed by atoms with van der Waals surface area (Å²) in [5.74, 6) is 0.748. The summed E-state index contributed by atoms with van der Waals surface area (Å²) in [6.45, 7) is 2.27. The molecule has 7 nitrogen and oxygen atoms in total. The van der Waals surface area contributed by atoms with Crippen molar-refractivity contribution in [3.05, 3.63) is 138 Å². The number of aromatic hydroxyl groups is 1.